The number of rotatable bonds is 2. The van der Waals surface area contributed by atoms with Crippen molar-refractivity contribution in [1.82, 2.24) is 5.32 Å². The standard InChI is InChI=1S/C15H18F4N2/c1-15(9-3-4-9)8-21(6-2-5-20-15)14-12(18)10(16)7-11(17)13(14)19/h7,9,20H,2-6,8H2,1H3. The maximum absolute atomic E-state index is 14.0. The molecule has 3 rings (SSSR count). The lowest BCUT2D eigenvalue weighted by Gasteiger charge is -2.35. The fraction of sp³-hybridized carbons (Fsp3) is 0.600. The summed E-state index contributed by atoms with van der Waals surface area (Å²) >= 11 is 0. The van der Waals surface area contributed by atoms with Gasteiger partial charge in [-0.1, -0.05) is 0 Å². The highest BCUT2D eigenvalue weighted by molar-refractivity contribution is 5.51. The lowest BCUT2D eigenvalue weighted by Crippen LogP contribution is -2.51. The van der Waals surface area contributed by atoms with Gasteiger partial charge in [0.05, 0.1) is 0 Å². The molecule has 1 atom stereocenters. The molecular formula is C15H18F4N2. The summed E-state index contributed by atoms with van der Waals surface area (Å²) in [7, 11) is 0. The van der Waals surface area contributed by atoms with Gasteiger partial charge in [-0.25, -0.2) is 17.6 Å². The molecule has 1 N–H and O–H groups in total. The summed E-state index contributed by atoms with van der Waals surface area (Å²) in [4.78, 5) is 1.44. The molecule has 0 spiro atoms. The van der Waals surface area contributed by atoms with Crippen LogP contribution in [-0.4, -0.2) is 25.2 Å². The number of hydrogen-bond donors (Lipinski definition) is 1. The van der Waals surface area contributed by atoms with Gasteiger partial charge in [0.15, 0.2) is 23.3 Å². The number of nitrogens with zero attached hydrogens (tertiary/aromatic N) is 1. The second-order valence-electron chi connectivity index (χ2n) is 6.21. The van der Waals surface area contributed by atoms with Crippen molar-refractivity contribution in [2.75, 3.05) is 24.5 Å². The molecule has 1 unspecified atom stereocenters. The van der Waals surface area contributed by atoms with Gasteiger partial charge in [0.1, 0.15) is 5.69 Å². The Balaban J connectivity index is 1.99. The number of hydrogen-bond acceptors (Lipinski definition) is 2. The summed E-state index contributed by atoms with van der Waals surface area (Å²) in [5, 5.41) is 3.41. The van der Waals surface area contributed by atoms with E-state index in [1.54, 1.807) is 0 Å². The smallest absolute Gasteiger partial charge is 0.185 e. The quantitative estimate of drug-likeness (QED) is 0.666. The highest BCUT2D eigenvalue weighted by Gasteiger charge is 2.44. The predicted molar refractivity (Wildman–Crippen MR) is 72.2 cm³/mol. The lowest BCUT2D eigenvalue weighted by atomic mass is 9.95. The van der Waals surface area contributed by atoms with E-state index in [9.17, 15) is 17.6 Å². The third kappa shape index (κ3) is 2.61. The first-order valence-corrected chi connectivity index (χ1v) is 7.25. The molecule has 1 aliphatic heterocycles. The zero-order valence-corrected chi connectivity index (χ0v) is 11.9. The van der Waals surface area contributed by atoms with Crippen LogP contribution >= 0.6 is 0 Å². The van der Waals surface area contributed by atoms with Crippen LogP contribution in [0, 0.1) is 29.2 Å². The molecule has 2 fully saturated rings. The van der Waals surface area contributed by atoms with Gasteiger partial charge in [-0.15, -0.1) is 0 Å². The van der Waals surface area contributed by atoms with E-state index in [-0.39, 0.29) is 11.6 Å². The Kier molecular flexibility index (Phi) is 3.59. The van der Waals surface area contributed by atoms with Crippen molar-refractivity contribution < 1.29 is 17.6 Å². The van der Waals surface area contributed by atoms with Gasteiger partial charge in [-0.3, -0.25) is 0 Å². The van der Waals surface area contributed by atoms with Crippen LogP contribution in [0.3, 0.4) is 0 Å². The highest BCUT2D eigenvalue weighted by Crippen LogP contribution is 2.41. The number of anilines is 1. The van der Waals surface area contributed by atoms with Gasteiger partial charge in [-0.05, 0) is 38.6 Å². The number of halogens is 4. The lowest BCUT2D eigenvalue weighted by molar-refractivity contribution is 0.329. The molecule has 1 saturated heterocycles. The zero-order valence-electron chi connectivity index (χ0n) is 11.9. The van der Waals surface area contributed by atoms with Crippen molar-refractivity contribution in [3.63, 3.8) is 0 Å². The SMILES string of the molecule is CC1(C2CC2)CN(c2c(F)c(F)cc(F)c2F)CCCN1. The Morgan fingerprint density at radius 3 is 2.33 bits per heavy atom. The second-order valence-corrected chi connectivity index (χ2v) is 6.21. The number of nitrogens with one attached hydrogen (secondary N) is 1. The largest absolute Gasteiger partial charge is 0.365 e. The zero-order chi connectivity index (χ0) is 15.2. The molecule has 1 heterocycles. The molecule has 1 aliphatic carbocycles. The van der Waals surface area contributed by atoms with Crippen molar-refractivity contribution in [1.29, 1.82) is 0 Å². The fourth-order valence-corrected chi connectivity index (χ4v) is 3.20. The summed E-state index contributed by atoms with van der Waals surface area (Å²) in [5.41, 5.74) is -0.860. The third-order valence-corrected chi connectivity index (χ3v) is 4.54. The molecule has 0 radical (unpaired) electrons. The van der Waals surface area contributed by atoms with E-state index in [0.29, 0.717) is 25.4 Å². The Morgan fingerprint density at radius 2 is 1.76 bits per heavy atom. The molecule has 1 aromatic carbocycles. The van der Waals surface area contributed by atoms with E-state index >= 15 is 0 Å². The van der Waals surface area contributed by atoms with E-state index in [4.69, 9.17) is 0 Å². The van der Waals surface area contributed by atoms with Crippen molar-refractivity contribution >= 4 is 5.69 Å². The van der Waals surface area contributed by atoms with Crippen LogP contribution in [0.4, 0.5) is 23.2 Å². The van der Waals surface area contributed by atoms with Crippen molar-refractivity contribution in [3.8, 4) is 0 Å². The summed E-state index contributed by atoms with van der Waals surface area (Å²) in [6.45, 7) is 3.44. The van der Waals surface area contributed by atoms with Gasteiger partial charge in [0.25, 0.3) is 0 Å². The van der Waals surface area contributed by atoms with Gasteiger partial charge in [0, 0.05) is 24.7 Å². The Labute approximate surface area is 121 Å². The monoisotopic (exact) mass is 302 g/mol. The van der Waals surface area contributed by atoms with Crippen LogP contribution < -0.4 is 10.2 Å². The van der Waals surface area contributed by atoms with Gasteiger partial charge in [0.2, 0.25) is 0 Å². The summed E-state index contributed by atoms with van der Waals surface area (Å²) in [6, 6.07) is 0.254. The van der Waals surface area contributed by atoms with Gasteiger partial charge < -0.3 is 10.2 Å². The van der Waals surface area contributed by atoms with E-state index < -0.39 is 29.0 Å². The fourth-order valence-electron chi connectivity index (χ4n) is 3.20. The molecule has 21 heavy (non-hydrogen) atoms. The van der Waals surface area contributed by atoms with E-state index in [1.807, 2.05) is 6.92 Å². The average molecular weight is 302 g/mol. The first kappa shape index (κ1) is 14.6. The summed E-state index contributed by atoms with van der Waals surface area (Å²) in [5.74, 6) is -4.88. The minimum atomic E-state index is -1.35. The Bertz CT molecular complexity index is 533. The van der Waals surface area contributed by atoms with Crippen LogP contribution in [0.1, 0.15) is 26.2 Å². The Hall–Kier alpha value is -1.30. The molecule has 0 bridgehead atoms. The molecule has 2 aliphatic rings. The van der Waals surface area contributed by atoms with Crippen molar-refractivity contribution in [2.24, 2.45) is 5.92 Å². The first-order valence-electron chi connectivity index (χ1n) is 7.25. The van der Waals surface area contributed by atoms with Gasteiger partial charge in [-0.2, -0.15) is 0 Å². The van der Waals surface area contributed by atoms with Crippen LogP contribution in [0.25, 0.3) is 0 Å². The molecule has 6 heteroatoms. The summed E-state index contributed by atoms with van der Waals surface area (Å²) < 4.78 is 54.8. The third-order valence-electron chi connectivity index (χ3n) is 4.54. The molecule has 1 saturated carbocycles. The predicted octanol–water partition coefficient (Wildman–Crippen LogP) is 3.21. The molecular weight excluding hydrogens is 284 g/mol. The molecule has 0 aromatic heterocycles. The molecule has 1 aromatic rings. The van der Waals surface area contributed by atoms with Crippen molar-refractivity contribution in [2.45, 2.75) is 31.7 Å². The van der Waals surface area contributed by atoms with Crippen molar-refractivity contribution in [3.05, 3.63) is 29.3 Å². The van der Waals surface area contributed by atoms with Crippen LogP contribution in [-0.2, 0) is 0 Å². The highest BCUT2D eigenvalue weighted by atomic mass is 19.2. The van der Waals surface area contributed by atoms with E-state index in [1.165, 1.54) is 4.90 Å². The Morgan fingerprint density at radius 1 is 1.14 bits per heavy atom. The maximum atomic E-state index is 14.0. The average Bonchev–Trinajstić information content (AvgIpc) is 3.25. The van der Waals surface area contributed by atoms with Crippen LogP contribution in [0.2, 0.25) is 0 Å². The molecule has 116 valence electrons. The second kappa shape index (κ2) is 5.16. The minimum absolute atomic E-state index is 0.254. The van der Waals surface area contributed by atoms with Crippen LogP contribution in [0.5, 0.6) is 0 Å². The maximum Gasteiger partial charge on any atom is 0.185 e. The van der Waals surface area contributed by atoms with E-state index in [0.717, 1.165) is 19.4 Å². The first-order chi connectivity index (χ1) is 9.92. The number of benzene rings is 1. The van der Waals surface area contributed by atoms with Crippen LogP contribution in [0.15, 0.2) is 6.07 Å². The minimum Gasteiger partial charge on any atom is -0.365 e. The normalized spacial score (nSPS) is 26.8. The molecule has 0 amide bonds. The topological polar surface area (TPSA) is 15.3 Å². The summed E-state index contributed by atoms with van der Waals surface area (Å²) in [6.07, 6.45) is 2.80. The van der Waals surface area contributed by atoms with Gasteiger partial charge >= 0.3 is 0 Å². The molecule has 2 nitrogen and oxygen atoms in total. The van der Waals surface area contributed by atoms with E-state index in [2.05, 4.69) is 5.32 Å².